The molecule has 0 bridgehead atoms. The molecule has 2 aliphatic rings. The molecule has 1 saturated heterocycles. The third kappa shape index (κ3) is 2.18. The van der Waals surface area contributed by atoms with Gasteiger partial charge in [-0.15, -0.1) is 0 Å². The van der Waals surface area contributed by atoms with Crippen molar-refractivity contribution in [3.05, 3.63) is 35.6 Å². The second kappa shape index (κ2) is 4.61. The number of ether oxygens (including phenoxy) is 1. The molecule has 4 nitrogen and oxygen atoms in total. The van der Waals surface area contributed by atoms with Crippen LogP contribution in [0.2, 0.25) is 0 Å². The maximum atomic E-state index is 12.1. The summed E-state index contributed by atoms with van der Waals surface area (Å²) >= 11 is 0. The van der Waals surface area contributed by atoms with Crippen LogP contribution in [0.25, 0.3) is 0 Å². The van der Waals surface area contributed by atoms with Gasteiger partial charge in [-0.05, 0) is 43.0 Å². The Balaban J connectivity index is 1.88. The van der Waals surface area contributed by atoms with Crippen LogP contribution in [0.15, 0.2) is 30.0 Å². The number of carbonyl (C=O) groups is 1. The predicted molar refractivity (Wildman–Crippen MR) is 68.6 cm³/mol. The molecule has 1 heterocycles. The van der Waals surface area contributed by atoms with Crippen molar-refractivity contribution in [1.82, 2.24) is 0 Å². The van der Waals surface area contributed by atoms with Crippen LogP contribution in [0.5, 0.6) is 11.5 Å². The number of ketones is 1. The Morgan fingerprint density at radius 2 is 2.05 bits per heavy atom. The second-order valence-corrected chi connectivity index (χ2v) is 5.12. The van der Waals surface area contributed by atoms with Gasteiger partial charge in [0.05, 0.1) is 5.92 Å². The summed E-state index contributed by atoms with van der Waals surface area (Å²) in [6.45, 7) is 0. The molecular weight excluding hydrogens is 244 g/mol. The van der Waals surface area contributed by atoms with E-state index in [1.54, 1.807) is 6.07 Å². The third-order valence-electron chi connectivity index (χ3n) is 3.81. The SMILES string of the molecule is O=C1CC(c2ccc(O)c(O)c2)OC2=CCCCC12. The van der Waals surface area contributed by atoms with Gasteiger partial charge in [-0.2, -0.15) is 0 Å². The number of phenolic OH excluding ortho intramolecular Hbond substituents is 2. The molecule has 2 atom stereocenters. The topological polar surface area (TPSA) is 66.8 Å². The first-order valence-electron chi connectivity index (χ1n) is 6.56. The summed E-state index contributed by atoms with van der Waals surface area (Å²) in [6, 6.07) is 4.55. The van der Waals surface area contributed by atoms with E-state index in [2.05, 4.69) is 0 Å². The van der Waals surface area contributed by atoms with Gasteiger partial charge in [-0.3, -0.25) is 4.79 Å². The standard InChI is InChI=1S/C15H16O4/c16-11-6-5-9(7-13(11)18)15-8-12(17)10-3-1-2-4-14(10)19-15/h4-7,10,15-16,18H,1-3,8H2. The molecule has 3 rings (SSSR count). The smallest absolute Gasteiger partial charge is 0.157 e. The lowest BCUT2D eigenvalue weighted by atomic mass is 9.84. The highest BCUT2D eigenvalue weighted by Gasteiger charge is 2.35. The van der Waals surface area contributed by atoms with Crippen LogP contribution in [-0.4, -0.2) is 16.0 Å². The molecule has 0 spiro atoms. The Morgan fingerprint density at radius 1 is 1.21 bits per heavy atom. The van der Waals surface area contributed by atoms with Crippen molar-refractivity contribution in [2.75, 3.05) is 0 Å². The lowest BCUT2D eigenvalue weighted by molar-refractivity contribution is -0.130. The maximum Gasteiger partial charge on any atom is 0.157 e. The second-order valence-electron chi connectivity index (χ2n) is 5.12. The van der Waals surface area contributed by atoms with E-state index in [9.17, 15) is 15.0 Å². The van der Waals surface area contributed by atoms with E-state index in [1.165, 1.54) is 12.1 Å². The predicted octanol–water partition coefficient (Wildman–Crippen LogP) is 2.81. The average Bonchev–Trinajstić information content (AvgIpc) is 2.42. The zero-order valence-electron chi connectivity index (χ0n) is 10.5. The van der Waals surface area contributed by atoms with Crippen LogP contribution < -0.4 is 0 Å². The quantitative estimate of drug-likeness (QED) is 0.762. The van der Waals surface area contributed by atoms with E-state index < -0.39 is 0 Å². The minimum Gasteiger partial charge on any atom is -0.504 e. The number of hydrogen-bond acceptors (Lipinski definition) is 4. The van der Waals surface area contributed by atoms with Gasteiger partial charge in [-0.1, -0.05) is 6.07 Å². The number of Topliss-reactive ketones (excluding diaryl/α,β-unsaturated/α-hetero) is 1. The first-order valence-corrected chi connectivity index (χ1v) is 6.56. The van der Waals surface area contributed by atoms with Gasteiger partial charge >= 0.3 is 0 Å². The van der Waals surface area contributed by atoms with E-state index in [0.717, 1.165) is 25.0 Å². The number of hydrogen-bond donors (Lipinski definition) is 2. The summed E-state index contributed by atoms with van der Waals surface area (Å²) in [5, 5.41) is 18.8. The Hall–Kier alpha value is -1.97. The average molecular weight is 260 g/mol. The molecule has 1 aromatic carbocycles. The fourth-order valence-corrected chi connectivity index (χ4v) is 2.76. The van der Waals surface area contributed by atoms with Crippen LogP contribution in [0.4, 0.5) is 0 Å². The zero-order chi connectivity index (χ0) is 13.4. The zero-order valence-corrected chi connectivity index (χ0v) is 10.5. The molecule has 0 amide bonds. The maximum absolute atomic E-state index is 12.1. The van der Waals surface area contributed by atoms with Crippen LogP contribution >= 0.6 is 0 Å². The molecule has 0 radical (unpaired) electrons. The normalized spacial score (nSPS) is 26.3. The number of allylic oxidation sites excluding steroid dienone is 2. The fraction of sp³-hybridized carbons (Fsp3) is 0.400. The van der Waals surface area contributed by atoms with E-state index in [0.29, 0.717) is 12.0 Å². The Labute approximate surface area is 111 Å². The van der Waals surface area contributed by atoms with Gasteiger partial charge in [-0.25, -0.2) is 0 Å². The van der Waals surface area contributed by atoms with E-state index in [-0.39, 0.29) is 29.3 Å². The van der Waals surface area contributed by atoms with Crippen LogP contribution in [0.1, 0.15) is 37.4 Å². The highest BCUT2D eigenvalue weighted by atomic mass is 16.5. The lowest BCUT2D eigenvalue weighted by Gasteiger charge is -2.33. The summed E-state index contributed by atoms with van der Waals surface area (Å²) < 4.78 is 5.89. The van der Waals surface area contributed by atoms with Crippen molar-refractivity contribution in [3.63, 3.8) is 0 Å². The highest BCUT2D eigenvalue weighted by Crippen LogP contribution is 2.40. The molecule has 2 N–H and O–H groups in total. The first-order chi connectivity index (χ1) is 9.15. The van der Waals surface area contributed by atoms with Crippen LogP contribution in [0.3, 0.4) is 0 Å². The third-order valence-corrected chi connectivity index (χ3v) is 3.81. The summed E-state index contributed by atoms with van der Waals surface area (Å²) in [4.78, 5) is 12.1. The van der Waals surface area contributed by atoms with Crippen molar-refractivity contribution in [2.24, 2.45) is 5.92 Å². The van der Waals surface area contributed by atoms with Crippen molar-refractivity contribution in [2.45, 2.75) is 31.8 Å². The van der Waals surface area contributed by atoms with E-state index in [4.69, 9.17) is 4.74 Å². The van der Waals surface area contributed by atoms with Gasteiger partial charge in [0.2, 0.25) is 0 Å². The highest BCUT2D eigenvalue weighted by molar-refractivity contribution is 5.85. The molecule has 0 saturated carbocycles. The number of aromatic hydroxyl groups is 2. The molecule has 0 aromatic heterocycles. The summed E-state index contributed by atoms with van der Waals surface area (Å²) in [5.41, 5.74) is 0.716. The Kier molecular flexibility index (Phi) is 2.93. The van der Waals surface area contributed by atoms with Crippen molar-refractivity contribution >= 4 is 5.78 Å². The largest absolute Gasteiger partial charge is 0.504 e. The van der Waals surface area contributed by atoms with Gasteiger partial charge in [0, 0.05) is 6.42 Å². The number of fused-ring (bicyclic) bond motifs is 1. The van der Waals surface area contributed by atoms with Crippen molar-refractivity contribution < 1.29 is 19.7 Å². The number of carbonyl (C=O) groups excluding carboxylic acids is 1. The minimum atomic E-state index is -0.361. The molecule has 1 fully saturated rings. The molecule has 1 aliphatic heterocycles. The lowest BCUT2D eigenvalue weighted by Crippen LogP contribution is -2.29. The van der Waals surface area contributed by atoms with Crippen molar-refractivity contribution in [3.8, 4) is 11.5 Å². The molecular formula is C15H16O4. The van der Waals surface area contributed by atoms with Gasteiger partial charge in [0.25, 0.3) is 0 Å². The Morgan fingerprint density at radius 3 is 2.84 bits per heavy atom. The summed E-state index contributed by atoms with van der Waals surface area (Å²) in [6.07, 6.45) is 4.82. The first kappa shape index (κ1) is 12.1. The van der Waals surface area contributed by atoms with E-state index >= 15 is 0 Å². The molecule has 4 heteroatoms. The monoisotopic (exact) mass is 260 g/mol. The molecule has 1 aromatic rings. The number of rotatable bonds is 1. The van der Waals surface area contributed by atoms with Crippen LogP contribution in [0, 0.1) is 5.92 Å². The summed E-state index contributed by atoms with van der Waals surface area (Å²) in [5.74, 6) is 0.555. The van der Waals surface area contributed by atoms with Gasteiger partial charge in [0.1, 0.15) is 17.6 Å². The molecule has 2 unspecified atom stereocenters. The van der Waals surface area contributed by atoms with E-state index in [1.807, 2.05) is 6.08 Å². The Bertz CT molecular complexity index is 547. The molecule has 100 valence electrons. The van der Waals surface area contributed by atoms with Gasteiger partial charge < -0.3 is 14.9 Å². The van der Waals surface area contributed by atoms with Crippen LogP contribution in [-0.2, 0) is 9.53 Å². The number of benzene rings is 1. The molecule has 1 aliphatic carbocycles. The molecule has 19 heavy (non-hydrogen) atoms. The van der Waals surface area contributed by atoms with Gasteiger partial charge in [0.15, 0.2) is 11.5 Å². The fourth-order valence-electron chi connectivity index (χ4n) is 2.76. The number of phenols is 2. The minimum absolute atomic E-state index is 0.0734. The summed E-state index contributed by atoms with van der Waals surface area (Å²) in [7, 11) is 0. The van der Waals surface area contributed by atoms with Crippen molar-refractivity contribution in [1.29, 1.82) is 0 Å².